The zero-order valence-electron chi connectivity index (χ0n) is 19.9. The fourth-order valence-electron chi connectivity index (χ4n) is 4.64. The summed E-state index contributed by atoms with van der Waals surface area (Å²) in [7, 11) is 1.81. The van der Waals surface area contributed by atoms with Gasteiger partial charge < -0.3 is 10.2 Å². The van der Waals surface area contributed by atoms with Gasteiger partial charge in [0.05, 0.1) is 27.9 Å². The van der Waals surface area contributed by atoms with Gasteiger partial charge in [0.1, 0.15) is 5.82 Å². The highest BCUT2D eigenvalue weighted by Gasteiger charge is 2.31. The molecular formula is C26H25F3N6O. The predicted octanol–water partition coefficient (Wildman–Crippen LogP) is 4.76. The number of nitrogens with one attached hydrogen (secondary N) is 1. The molecule has 1 aliphatic rings. The van der Waals surface area contributed by atoms with Crippen LogP contribution in [0.25, 0.3) is 22.3 Å². The van der Waals surface area contributed by atoms with Gasteiger partial charge in [-0.25, -0.2) is 9.97 Å². The first kappa shape index (κ1) is 23.8. The van der Waals surface area contributed by atoms with Crippen molar-refractivity contribution >= 4 is 22.8 Å². The van der Waals surface area contributed by atoms with Crippen LogP contribution in [-0.4, -0.2) is 44.8 Å². The molecule has 4 aromatic rings. The fraction of sp³-hybridized carbons (Fsp3) is 0.308. The van der Waals surface area contributed by atoms with Gasteiger partial charge in [0, 0.05) is 37.9 Å². The molecule has 10 heteroatoms. The van der Waals surface area contributed by atoms with E-state index in [1.807, 2.05) is 55.3 Å². The molecule has 1 aliphatic heterocycles. The third-order valence-electron chi connectivity index (χ3n) is 6.51. The first-order valence-corrected chi connectivity index (χ1v) is 11.7. The summed E-state index contributed by atoms with van der Waals surface area (Å²) in [5, 5.41) is 8.34. The van der Waals surface area contributed by atoms with Gasteiger partial charge in [0.15, 0.2) is 5.65 Å². The van der Waals surface area contributed by atoms with Crippen LogP contribution in [0.15, 0.2) is 54.7 Å². The third kappa shape index (κ3) is 4.62. The Morgan fingerprint density at radius 1 is 1.08 bits per heavy atom. The number of piperidine rings is 1. The van der Waals surface area contributed by atoms with Gasteiger partial charge in [0.2, 0.25) is 0 Å². The summed E-state index contributed by atoms with van der Waals surface area (Å²) in [6.45, 7) is 3.02. The monoisotopic (exact) mass is 494 g/mol. The summed E-state index contributed by atoms with van der Waals surface area (Å²) < 4.78 is 40.1. The molecular weight excluding hydrogens is 469 g/mol. The van der Waals surface area contributed by atoms with E-state index in [2.05, 4.69) is 15.4 Å². The van der Waals surface area contributed by atoms with E-state index >= 15 is 0 Å². The van der Waals surface area contributed by atoms with Crippen LogP contribution in [-0.2, 0) is 13.2 Å². The zero-order chi connectivity index (χ0) is 25.4. The molecule has 3 aromatic heterocycles. The number of rotatable bonds is 4. The minimum Gasteiger partial charge on any atom is -0.356 e. The Morgan fingerprint density at radius 2 is 1.81 bits per heavy atom. The number of aromatic nitrogens is 4. The number of halogens is 3. The van der Waals surface area contributed by atoms with Crippen molar-refractivity contribution in [1.82, 2.24) is 25.1 Å². The van der Waals surface area contributed by atoms with Crippen LogP contribution in [0.3, 0.4) is 0 Å². The van der Waals surface area contributed by atoms with Crippen molar-refractivity contribution < 1.29 is 18.0 Å². The summed E-state index contributed by atoms with van der Waals surface area (Å²) in [6, 6.07) is 13.9. The first-order chi connectivity index (χ1) is 17.2. The minimum atomic E-state index is -4.41. The van der Waals surface area contributed by atoms with Crippen molar-refractivity contribution in [2.75, 3.05) is 18.0 Å². The molecule has 0 saturated carbocycles. The van der Waals surface area contributed by atoms with Gasteiger partial charge in [0.25, 0.3) is 5.91 Å². The Hall–Kier alpha value is -3.95. The fourth-order valence-corrected chi connectivity index (χ4v) is 4.64. The largest absolute Gasteiger partial charge is 0.417 e. The number of amides is 1. The molecule has 5 rings (SSSR count). The molecule has 0 aliphatic carbocycles. The quantitative estimate of drug-likeness (QED) is 0.443. The van der Waals surface area contributed by atoms with Gasteiger partial charge in [-0.1, -0.05) is 30.3 Å². The Bertz CT molecular complexity index is 1390. The van der Waals surface area contributed by atoms with Gasteiger partial charge >= 0.3 is 6.18 Å². The van der Waals surface area contributed by atoms with E-state index in [-0.39, 0.29) is 11.9 Å². The number of anilines is 1. The van der Waals surface area contributed by atoms with E-state index < -0.39 is 11.7 Å². The van der Waals surface area contributed by atoms with Crippen molar-refractivity contribution in [3.05, 3.63) is 71.5 Å². The number of carbonyl (C=O) groups excluding carboxylic acids is 1. The maximum atomic E-state index is 13.4. The molecule has 186 valence electrons. The highest BCUT2D eigenvalue weighted by Crippen LogP contribution is 2.30. The number of carbonyl (C=O) groups is 1. The number of hydrogen-bond acceptors (Lipinski definition) is 5. The molecule has 0 radical (unpaired) electrons. The third-order valence-corrected chi connectivity index (χ3v) is 6.51. The van der Waals surface area contributed by atoms with Crippen LogP contribution >= 0.6 is 0 Å². The second kappa shape index (κ2) is 9.25. The van der Waals surface area contributed by atoms with E-state index in [0.29, 0.717) is 48.7 Å². The summed E-state index contributed by atoms with van der Waals surface area (Å²) in [4.78, 5) is 24.1. The molecule has 4 heterocycles. The van der Waals surface area contributed by atoms with Crippen molar-refractivity contribution in [2.24, 2.45) is 7.05 Å². The van der Waals surface area contributed by atoms with Crippen molar-refractivity contribution in [1.29, 1.82) is 0 Å². The van der Waals surface area contributed by atoms with E-state index in [4.69, 9.17) is 4.98 Å². The lowest BCUT2D eigenvalue weighted by molar-refractivity contribution is -0.137. The molecule has 0 spiro atoms. The zero-order valence-corrected chi connectivity index (χ0v) is 19.9. The molecule has 1 saturated heterocycles. The summed E-state index contributed by atoms with van der Waals surface area (Å²) >= 11 is 0. The number of pyridine rings is 2. The van der Waals surface area contributed by atoms with E-state index in [1.54, 1.807) is 4.68 Å². The molecule has 1 aromatic carbocycles. The summed E-state index contributed by atoms with van der Waals surface area (Å²) in [5.74, 6) is 0.309. The lowest BCUT2D eigenvalue weighted by Crippen LogP contribution is -2.45. The van der Waals surface area contributed by atoms with Crippen LogP contribution in [0.2, 0.25) is 0 Å². The number of hydrogen-bond donors (Lipinski definition) is 1. The van der Waals surface area contributed by atoms with Crippen molar-refractivity contribution in [3.8, 4) is 11.3 Å². The molecule has 36 heavy (non-hydrogen) atoms. The van der Waals surface area contributed by atoms with Crippen LogP contribution in [0.5, 0.6) is 0 Å². The minimum absolute atomic E-state index is 0.0661. The maximum absolute atomic E-state index is 13.4. The van der Waals surface area contributed by atoms with Crippen LogP contribution in [0, 0.1) is 6.92 Å². The van der Waals surface area contributed by atoms with Crippen molar-refractivity contribution in [3.63, 3.8) is 0 Å². The smallest absolute Gasteiger partial charge is 0.356 e. The number of fused-ring (bicyclic) bond motifs is 1. The van der Waals surface area contributed by atoms with Gasteiger partial charge in [-0.2, -0.15) is 18.3 Å². The standard InChI is InChI=1S/C26H25F3N6O/c1-16-23-20(14-21(17-6-4-3-5-7-17)32-24(23)34(2)33-16)25(36)31-19-10-12-35(13-11-19)22-9-8-18(15-30-22)26(27,28)29/h3-9,14-15,19H,10-13H2,1-2H3,(H,31,36). The Morgan fingerprint density at radius 3 is 2.44 bits per heavy atom. The predicted molar refractivity (Wildman–Crippen MR) is 131 cm³/mol. The number of aryl methyl sites for hydroxylation is 2. The Balaban J connectivity index is 1.33. The number of alkyl halides is 3. The second-order valence-electron chi connectivity index (χ2n) is 8.97. The Kier molecular flexibility index (Phi) is 6.11. The first-order valence-electron chi connectivity index (χ1n) is 11.7. The molecule has 1 amide bonds. The highest BCUT2D eigenvalue weighted by molar-refractivity contribution is 6.07. The summed E-state index contributed by atoms with van der Waals surface area (Å²) in [5.41, 5.74) is 2.73. The molecule has 1 N–H and O–H groups in total. The number of benzene rings is 1. The average molecular weight is 495 g/mol. The summed E-state index contributed by atoms with van der Waals surface area (Å²) in [6.07, 6.45) is -2.24. The molecule has 0 bridgehead atoms. The average Bonchev–Trinajstić information content (AvgIpc) is 3.17. The van der Waals surface area contributed by atoms with Crippen LogP contribution in [0.1, 0.15) is 34.5 Å². The normalized spacial score (nSPS) is 14.9. The maximum Gasteiger partial charge on any atom is 0.417 e. The van der Waals surface area contributed by atoms with E-state index in [1.165, 1.54) is 6.07 Å². The number of nitrogens with zero attached hydrogens (tertiary/aromatic N) is 5. The van der Waals surface area contributed by atoms with Gasteiger partial charge in [-0.05, 0) is 38.0 Å². The SMILES string of the molecule is Cc1nn(C)c2nc(-c3ccccc3)cc(C(=O)NC3CCN(c4ccc(C(F)(F)F)cn4)CC3)c12. The van der Waals surface area contributed by atoms with E-state index in [9.17, 15) is 18.0 Å². The molecule has 7 nitrogen and oxygen atoms in total. The van der Waals surface area contributed by atoms with Crippen LogP contribution < -0.4 is 10.2 Å². The lowest BCUT2D eigenvalue weighted by atomic mass is 10.0. The molecule has 0 unspecified atom stereocenters. The Labute approximate surface area is 206 Å². The lowest BCUT2D eigenvalue weighted by Gasteiger charge is -2.33. The molecule has 0 atom stereocenters. The topological polar surface area (TPSA) is 75.9 Å². The molecule has 1 fully saturated rings. The van der Waals surface area contributed by atoms with Crippen LogP contribution in [0.4, 0.5) is 19.0 Å². The van der Waals surface area contributed by atoms with E-state index in [0.717, 1.165) is 28.9 Å². The van der Waals surface area contributed by atoms with Gasteiger partial charge in [-0.15, -0.1) is 0 Å². The van der Waals surface area contributed by atoms with Gasteiger partial charge in [-0.3, -0.25) is 9.48 Å². The highest BCUT2D eigenvalue weighted by atomic mass is 19.4. The second-order valence-corrected chi connectivity index (χ2v) is 8.97. The van der Waals surface area contributed by atoms with Crippen molar-refractivity contribution in [2.45, 2.75) is 32.0 Å².